The normalized spacial score (nSPS) is 21.1. The summed E-state index contributed by atoms with van der Waals surface area (Å²) < 4.78 is 38.4. The Kier molecular flexibility index (Phi) is 3.36. The minimum absolute atomic E-state index is 0.149. The number of aliphatic carboxylic acids is 1. The molecule has 1 aliphatic heterocycles. The van der Waals surface area contributed by atoms with E-state index < -0.39 is 27.9 Å². The van der Waals surface area contributed by atoms with Gasteiger partial charge in [-0.05, 0) is 31.0 Å². The highest BCUT2D eigenvalue weighted by Crippen LogP contribution is 2.26. The van der Waals surface area contributed by atoms with Gasteiger partial charge in [0.15, 0.2) is 0 Å². The summed E-state index contributed by atoms with van der Waals surface area (Å²) in [4.78, 5) is 10.8. The molecule has 1 aromatic rings. The zero-order valence-electron chi connectivity index (χ0n) is 9.41. The average Bonchev–Trinajstić information content (AvgIpc) is 2.78. The van der Waals surface area contributed by atoms with Crippen LogP contribution in [0.5, 0.6) is 0 Å². The van der Waals surface area contributed by atoms with E-state index in [1.807, 2.05) is 0 Å². The van der Waals surface area contributed by atoms with E-state index in [0.717, 1.165) is 16.4 Å². The fraction of sp³-hybridized carbons (Fsp3) is 0.364. The molecule has 1 unspecified atom stereocenters. The molecule has 1 fully saturated rings. The van der Waals surface area contributed by atoms with Crippen molar-refractivity contribution in [2.45, 2.75) is 23.8 Å². The van der Waals surface area contributed by atoms with Crippen molar-refractivity contribution in [3.8, 4) is 0 Å². The largest absolute Gasteiger partial charge is 0.480 e. The lowest BCUT2D eigenvalue weighted by molar-refractivity contribution is -0.140. The molecular formula is C11H12FNO4S. The topological polar surface area (TPSA) is 74.7 Å². The van der Waals surface area contributed by atoms with Gasteiger partial charge in [-0.2, -0.15) is 4.31 Å². The Bertz CT molecular complexity index is 572. The number of halogens is 1. The number of hydrogen-bond donors (Lipinski definition) is 1. The van der Waals surface area contributed by atoms with Crippen molar-refractivity contribution in [2.24, 2.45) is 0 Å². The number of benzene rings is 1. The first-order valence-corrected chi connectivity index (χ1v) is 6.87. The molecule has 0 saturated carbocycles. The maximum absolute atomic E-state index is 13.0. The quantitative estimate of drug-likeness (QED) is 0.893. The van der Waals surface area contributed by atoms with Gasteiger partial charge in [0.2, 0.25) is 10.0 Å². The Morgan fingerprint density at radius 1 is 1.44 bits per heavy atom. The van der Waals surface area contributed by atoms with Gasteiger partial charge in [-0.15, -0.1) is 0 Å². The molecule has 0 amide bonds. The lowest BCUT2D eigenvalue weighted by Crippen LogP contribution is -2.40. The third-order valence-corrected chi connectivity index (χ3v) is 4.80. The number of nitrogens with zero attached hydrogens (tertiary/aromatic N) is 1. The van der Waals surface area contributed by atoms with Crippen molar-refractivity contribution >= 4 is 16.0 Å². The van der Waals surface area contributed by atoms with Gasteiger partial charge in [0.05, 0.1) is 4.90 Å². The molecule has 1 saturated heterocycles. The van der Waals surface area contributed by atoms with Crippen molar-refractivity contribution < 1.29 is 22.7 Å². The summed E-state index contributed by atoms with van der Waals surface area (Å²) in [6.07, 6.45) is 0.773. The number of carboxylic acids is 1. The van der Waals surface area contributed by atoms with Crippen LogP contribution >= 0.6 is 0 Å². The maximum Gasteiger partial charge on any atom is 0.322 e. The minimum atomic E-state index is -3.94. The van der Waals surface area contributed by atoms with Crippen LogP contribution in [0.2, 0.25) is 0 Å². The van der Waals surface area contributed by atoms with Crippen LogP contribution < -0.4 is 0 Å². The van der Waals surface area contributed by atoms with E-state index in [0.29, 0.717) is 6.42 Å². The summed E-state index contributed by atoms with van der Waals surface area (Å²) in [6.45, 7) is 0.149. The fourth-order valence-corrected chi connectivity index (χ4v) is 3.72. The highest BCUT2D eigenvalue weighted by atomic mass is 32.2. The molecular weight excluding hydrogens is 261 g/mol. The first-order chi connectivity index (χ1) is 8.43. The second-order valence-corrected chi connectivity index (χ2v) is 5.96. The van der Waals surface area contributed by atoms with Gasteiger partial charge >= 0.3 is 5.97 Å². The second kappa shape index (κ2) is 4.66. The molecule has 98 valence electrons. The summed E-state index contributed by atoms with van der Waals surface area (Å²) in [5, 5.41) is 8.97. The molecule has 1 aliphatic rings. The van der Waals surface area contributed by atoms with Crippen LogP contribution in [-0.2, 0) is 14.8 Å². The van der Waals surface area contributed by atoms with Crippen molar-refractivity contribution in [3.63, 3.8) is 0 Å². The molecule has 0 bridgehead atoms. The molecule has 7 heteroatoms. The van der Waals surface area contributed by atoms with Gasteiger partial charge in [0.25, 0.3) is 0 Å². The van der Waals surface area contributed by atoms with Crippen LogP contribution in [0.15, 0.2) is 29.2 Å². The van der Waals surface area contributed by atoms with Gasteiger partial charge in [0.1, 0.15) is 11.9 Å². The predicted molar refractivity (Wildman–Crippen MR) is 60.9 cm³/mol. The standard InChI is InChI=1S/C11H12FNO4S/c12-8-3-1-4-9(7-8)18(16,17)13-6-2-5-10(13)11(14)15/h1,3-4,7,10H,2,5-6H2,(H,14,15). The molecule has 0 aliphatic carbocycles. The molecule has 0 aromatic heterocycles. The minimum Gasteiger partial charge on any atom is -0.480 e. The Morgan fingerprint density at radius 3 is 2.78 bits per heavy atom. The van der Waals surface area contributed by atoms with Gasteiger partial charge in [-0.25, -0.2) is 12.8 Å². The molecule has 1 heterocycles. The van der Waals surface area contributed by atoms with Crippen LogP contribution in [0.1, 0.15) is 12.8 Å². The third-order valence-electron chi connectivity index (χ3n) is 2.89. The summed E-state index contributed by atoms with van der Waals surface area (Å²) in [7, 11) is -3.94. The van der Waals surface area contributed by atoms with Crippen LogP contribution in [0.25, 0.3) is 0 Å². The SMILES string of the molecule is O=C(O)C1CCCN1S(=O)(=O)c1cccc(F)c1. The van der Waals surface area contributed by atoms with E-state index in [4.69, 9.17) is 5.11 Å². The van der Waals surface area contributed by atoms with Crippen LogP contribution in [0, 0.1) is 5.82 Å². The number of sulfonamides is 1. The van der Waals surface area contributed by atoms with E-state index >= 15 is 0 Å². The zero-order valence-corrected chi connectivity index (χ0v) is 10.2. The first-order valence-electron chi connectivity index (χ1n) is 5.43. The Hall–Kier alpha value is -1.47. The van der Waals surface area contributed by atoms with E-state index in [-0.39, 0.29) is 17.9 Å². The van der Waals surface area contributed by atoms with Gasteiger partial charge < -0.3 is 5.11 Å². The number of carbonyl (C=O) groups is 1. The van der Waals surface area contributed by atoms with Crippen molar-refractivity contribution in [2.75, 3.05) is 6.54 Å². The lowest BCUT2D eigenvalue weighted by atomic mass is 10.2. The second-order valence-electron chi connectivity index (χ2n) is 4.07. The predicted octanol–water partition coefficient (Wildman–Crippen LogP) is 1.06. The summed E-state index contributed by atoms with van der Waals surface area (Å²) in [6, 6.07) is 3.52. The smallest absolute Gasteiger partial charge is 0.322 e. The molecule has 1 atom stereocenters. The summed E-state index contributed by atoms with van der Waals surface area (Å²) >= 11 is 0. The molecule has 1 N–H and O–H groups in total. The molecule has 0 spiro atoms. The van der Waals surface area contributed by atoms with Crippen molar-refractivity contribution in [1.82, 2.24) is 4.31 Å². The van der Waals surface area contributed by atoms with Crippen LogP contribution in [-0.4, -0.2) is 36.4 Å². The van der Waals surface area contributed by atoms with Crippen molar-refractivity contribution in [3.05, 3.63) is 30.1 Å². The van der Waals surface area contributed by atoms with E-state index in [9.17, 15) is 17.6 Å². The molecule has 5 nitrogen and oxygen atoms in total. The highest BCUT2D eigenvalue weighted by Gasteiger charge is 2.39. The summed E-state index contributed by atoms with van der Waals surface area (Å²) in [5.41, 5.74) is 0. The van der Waals surface area contributed by atoms with E-state index in [1.165, 1.54) is 12.1 Å². The van der Waals surface area contributed by atoms with Crippen LogP contribution in [0.4, 0.5) is 4.39 Å². The van der Waals surface area contributed by atoms with Gasteiger partial charge in [-0.1, -0.05) is 6.07 Å². The molecule has 2 rings (SSSR count). The number of carboxylic acid groups (broad SMARTS) is 1. The van der Waals surface area contributed by atoms with E-state index in [1.54, 1.807) is 0 Å². The molecule has 18 heavy (non-hydrogen) atoms. The van der Waals surface area contributed by atoms with E-state index in [2.05, 4.69) is 0 Å². The number of hydrogen-bond acceptors (Lipinski definition) is 3. The lowest BCUT2D eigenvalue weighted by Gasteiger charge is -2.20. The molecule has 0 radical (unpaired) electrons. The number of rotatable bonds is 3. The zero-order chi connectivity index (χ0) is 13.3. The monoisotopic (exact) mass is 273 g/mol. The Labute approximate surface area is 104 Å². The van der Waals surface area contributed by atoms with Crippen molar-refractivity contribution in [1.29, 1.82) is 0 Å². The average molecular weight is 273 g/mol. The fourth-order valence-electron chi connectivity index (χ4n) is 2.04. The maximum atomic E-state index is 13.0. The first kappa shape index (κ1) is 13.0. The highest BCUT2D eigenvalue weighted by molar-refractivity contribution is 7.89. The van der Waals surface area contributed by atoms with Gasteiger partial charge in [0, 0.05) is 6.54 Å². The Balaban J connectivity index is 2.40. The molecule has 1 aromatic carbocycles. The summed E-state index contributed by atoms with van der Waals surface area (Å²) in [5.74, 6) is -1.84. The third kappa shape index (κ3) is 2.23. The van der Waals surface area contributed by atoms with Crippen LogP contribution in [0.3, 0.4) is 0 Å². The Morgan fingerprint density at radius 2 is 2.17 bits per heavy atom. The van der Waals surface area contributed by atoms with Gasteiger partial charge in [-0.3, -0.25) is 4.79 Å².